The number of fused-ring (bicyclic) bond motifs is 1. The van der Waals surface area contributed by atoms with E-state index in [1.807, 2.05) is 0 Å². The number of H-pyrrole nitrogens is 1. The van der Waals surface area contributed by atoms with Crippen molar-refractivity contribution in [3.63, 3.8) is 0 Å². The Kier molecular flexibility index (Phi) is 1.42. The monoisotopic (exact) mass is 159 g/mol. The van der Waals surface area contributed by atoms with Crippen molar-refractivity contribution < 1.29 is 4.74 Å². The number of nitrogens with one attached hydrogen (secondary N) is 1. The fourth-order valence-electron chi connectivity index (χ4n) is 1.08. The predicted octanol–water partition coefficient (Wildman–Crippen LogP) is 1.42. The molecule has 0 saturated heterocycles. The Hall–Kier alpha value is -2.02. The molecule has 4 nitrogen and oxygen atoms in total. The van der Waals surface area contributed by atoms with Gasteiger partial charge in [-0.25, -0.2) is 0 Å². The molecule has 0 bridgehead atoms. The quantitative estimate of drug-likeness (QED) is 0.640. The van der Waals surface area contributed by atoms with E-state index < -0.39 is 0 Å². The molecule has 0 saturated carbocycles. The van der Waals surface area contributed by atoms with Crippen molar-refractivity contribution in [2.75, 3.05) is 0 Å². The molecule has 0 aliphatic carbocycles. The van der Waals surface area contributed by atoms with Crippen LogP contribution in [0.5, 0.6) is 5.75 Å². The summed E-state index contributed by atoms with van der Waals surface area (Å²) in [5, 5.41) is 9.16. The molecule has 2 aromatic rings. The highest BCUT2D eigenvalue weighted by atomic mass is 16.5. The van der Waals surface area contributed by atoms with E-state index in [1.165, 1.54) is 0 Å². The molecule has 2 heterocycles. The van der Waals surface area contributed by atoms with Gasteiger partial charge in [0.2, 0.25) is 0 Å². The van der Waals surface area contributed by atoms with Gasteiger partial charge >= 0.3 is 0 Å². The minimum atomic E-state index is 0.537. The molecule has 4 heteroatoms. The minimum absolute atomic E-state index is 0.537. The smallest absolute Gasteiger partial charge is 0.292 e. The maximum Gasteiger partial charge on any atom is 0.292 e. The van der Waals surface area contributed by atoms with E-state index >= 15 is 0 Å². The maximum atomic E-state index is 8.30. The van der Waals surface area contributed by atoms with E-state index in [0.717, 1.165) is 10.9 Å². The molecule has 0 amide bonds. The van der Waals surface area contributed by atoms with Crippen LogP contribution in [0.1, 0.15) is 0 Å². The van der Waals surface area contributed by atoms with Crippen molar-refractivity contribution in [2.24, 2.45) is 0 Å². The number of rotatable bonds is 1. The molecule has 1 N–H and O–H groups in total. The number of pyridine rings is 1. The number of hydrogen-bond donors (Lipinski definition) is 1. The summed E-state index contributed by atoms with van der Waals surface area (Å²) in [5.74, 6) is 0.537. The van der Waals surface area contributed by atoms with E-state index in [2.05, 4.69) is 9.97 Å². The summed E-state index contributed by atoms with van der Waals surface area (Å²) in [6.45, 7) is 0. The first-order valence-corrected chi connectivity index (χ1v) is 3.39. The normalized spacial score (nSPS) is 9.58. The van der Waals surface area contributed by atoms with Gasteiger partial charge in [0.05, 0.1) is 11.7 Å². The van der Waals surface area contributed by atoms with E-state index in [4.69, 9.17) is 10.00 Å². The SMILES string of the molecule is N#COc1c[nH]c2cnccc12. The lowest BCUT2D eigenvalue weighted by Gasteiger charge is -1.90. The fourth-order valence-corrected chi connectivity index (χ4v) is 1.08. The summed E-state index contributed by atoms with van der Waals surface area (Å²) in [6.07, 6.45) is 6.59. The van der Waals surface area contributed by atoms with Crippen LogP contribution in [-0.4, -0.2) is 9.97 Å². The van der Waals surface area contributed by atoms with Crippen LogP contribution in [0, 0.1) is 11.5 Å². The van der Waals surface area contributed by atoms with Crippen molar-refractivity contribution in [3.8, 4) is 12.0 Å². The molecule has 2 rings (SSSR count). The van der Waals surface area contributed by atoms with Crippen LogP contribution in [0.2, 0.25) is 0 Å². The number of aromatic amines is 1. The first-order chi connectivity index (χ1) is 5.92. The summed E-state index contributed by atoms with van der Waals surface area (Å²) >= 11 is 0. The number of hydrogen-bond acceptors (Lipinski definition) is 3. The predicted molar refractivity (Wildman–Crippen MR) is 42.3 cm³/mol. The lowest BCUT2D eigenvalue weighted by Crippen LogP contribution is -1.78. The van der Waals surface area contributed by atoms with Gasteiger partial charge in [-0.15, -0.1) is 5.26 Å². The van der Waals surface area contributed by atoms with Crippen LogP contribution in [0.15, 0.2) is 24.7 Å². The lowest BCUT2D eigenvalue weighted by molar-refractivity contribution is 0.513. The second-order valence-electron chi connectivity index (χ2n) is 2.27. The zero-order chi connectivity index (χ0) is 8.39. The van der Waals surface area contributed by atoms with Crippen molar-refractivity contribution in [3.05, 3.63) is 24.7 Å². The summed E-state index contributed by atoms with van der Waals surface area (Å²) in [7, 11) is 0. The lowest BCUT2D eigenvalue weighted by atomic mass is 10.3. The summed E-state index contributed by atoms with van der Waals surface area (Å²) in [6, 6.07) is 1.79. The molecule has 0 fully saturated rings. The van der Waals surface area contributed by atoms with Crippen LogP contribution in [0.4, 0.5) is 0 Å². The second-order valence-corrected chi connectivity index (χ2v) is 2.27. The molecular formula is C8H5N3O. The molecular weight excluding hydrogens is 154 g/mol. The van der Waals surface area contributed by atoms with E-state index in [-0.39, 0.29) is 0 Å². The minimum Gasteiger partial charge on any atom is -0.386 e. The summed E-state index contributed by atoms with van der Waals surface area (Å²) < 4.78 is 4.71. The van der Waals surface area contributed by atoms with Gasteiger partial charge in [0.1, 0.15) is 0 Å². The third-order valence-electron chi connectivity index (χ3n) is 1.60. The van der Waals surface area contributed by atoms with Gasteiger partial charge in [-0.3, -0.25) is 4.98 Å². The number of ether oxygens (including phenoxy) is 1. The van der Waals surface area contributed by atoms with Gasteiger partial charge in [0.25, 0.3) is 6.26 Å². The van der Waals surface area contributed by atoms with E-state index in [1.54, 1.807) is 30.9 Å². The molecule has 0 spiro atoms. The Labute approximate surface area is 68.4 Å². The van der Waals surface area contributed by atoms with E-state index in [0.29, 0.717) is 5.75 Å². The Morgan fingerprint density at radius 2 is 2.50 bits per heavy atom. The van der Waals surface area contributed by atoms with Gasteiger partial charge in [0.15, 0.2) is 5.75 Å². The Balaban J connectivity index is 2.64. The van der Waals surface area contributed by atoms with Gasteiger partial charge < -0.3 is 9.72 Å². The molecule has 0 aromatic carbocycles. The van der Waals surface area contributed by atoms with Crippen molar-refractivity contribution in [1.82, 2.24) is 9.97 Å². The van der Waals surface area contributed by atoms with Crippen LogP contribution >= 0.6 is 0 Å². The zero-order valence-electron chi connectivity index (χ0n) is 6.11. The average Bonchev–Trinajstić information content (AvgIpc) is 2.50. The molecule has 0 atom stereocenters. The highest BCUT2D eigenvalue weighted by Gasteiger charge is 2.02. The highest BCUT2D eigenvalue weighted by molar-refractivity contribution is 5.85. The van der Waals surface area contributed by atoms with Gasteiger partial charge in [-0.05, 0) is 6.07 Å². The molecule has 12 heavy (non-hydrogen) atoms. The standard InChI is InChI=1S/C8H5N3O/c9-5-12-8-4-11-7-3-10-2-1-6(7)8/h1-4,11H. The molecule has 2 aromatic heterocycles. The van der Waals surface area contributed by atoms with Crippen LogP contribution in [-0.2, 0) is 0 Å². The molecule has 0 unspecified atom stereocenters. The van der Waals surface area contributed by atoms with Gasteiger partial charge in [-0.2, -0.15) is 0 Å². The van der Waals surface area contributed by atoms with Crippen molar-refractivity contribution in [1.29, 1.82) is 5.26 Å². The summed E-state index contributed by atoms with van der Waals surface area (Å²) in [5.41, 5.74) is 0.864. The Morgan fingerprint density at radius 1 is 1.58 bits per heavy atom. The maximum absolute atomic E-state index is 8.30. The highest BCUT2D eigenvalue weighted by Crippen LogP contribution is 2.23. The first kappa shape index (κ1) is 6.68. The third-order valence-corrected chi connectivity index (χ3v) is 1.60. The fraction of sp³-hybridized carbons (Fsp3) is 0. The zero-order valence-corrected chi connectivity index (χ0v) is 6.11. The summed E-state index contributed by atoms with van der Waals surface area (Å²) in [4.78, 5) is 6.85. The second kappa shape index (κ2) is 2.55. The van der Waals surface area contributed by atoms with E-state index in [9.17, 15) is 0 Å². The van der Waals surface area contributed by atoms with Gasteiger partial charge in [-0.1, -0.05) is 0 Å². The molecule has 0 radical (unpaired) electrons. The Morgan fingerprint density at radius 3 is 3.33 bits per heavy atom. The van der Waals surface area contributed by atoms with Crippen LogP contribution in [0.25, 0.3) is 10.9 Å². The number of nitriles is 1. The topological polar surface area (TPSA) is 61.7 Å². The van der Waals surface area contributed by atoms with Gasteiger partial charge in [0, 0.05) is 17.8 Å². The first-order valence-electron chi connectivity index (χ1n) is 3.39. The molecule has 0 aliphatic rings. The number of nitrogens with zero attached hydrogens (tertiary/aromatic N) is 2. The van der Waals surface area contributed by atoms with Crippen molar-refractivity contribution in [2.45, 2.75) is 0 Å². The largest absolute Gasteiger partial charge is 0.386 e. The third kappa shape index (κ3) is 0.883. The van der Waals surface area contributed by atoms with Crippen molar-refractivity contribution >= 4 is 10.9 Å². The Bertz CT molecular complexity index is 441. The molecule has 0 aliphatic heterocycles. The van der Waals surface area contributed by atoms with Crippen LogP contribution in [0.3, 0.4) is 0 Å². The van der Waals surface area contributed by atoms with Crippen LogP contribution < -0.4 is 4.74 Å². The number of aromatic nitrogens is 2. The molecule has 58 valence electrons. The average molecular weight is 159 g/mol.